The molecule has 23 heavy (non-hydrogen) atoms. The Morgan fingerprint density at radius 3 is 2.52 bits per heavy atom. The van der Waals surface area contributed by atoms with E-state index in [9.17, 15) is 4.79 Å². The molecule has 2 aromatic carbocycles. The van der Waals surface area contributed by atoms with Crippen LogP contribution >= 0.6 is 11.6 Å². The molecule has 0 aliphatic rings. The number of benzene rings is 2. The first-order valence-corrected chi connectivity index (χ1v) is 7.73. The molecule has 2 amide bonds. The van der Waals surface area contributed by atoms with E-state index in [0.29, 0.717) is 23.0 Å². The third-order valence-corrected chi connectivity index (χ3v) is 3.90. The van der Waals surface area contributed by atoms with Gasteiger partial charge in [0.1, 0.15) is 5.75 Å². The Morgan fingerprint density at radius 1 is 1.17 bits per heavy atom. The summed E-state index contributed by atoms with van der Waals surface area (Å²) >= 11 is 5.91. The fourth-order valence-electron chi connectivity index (χ4n) is 2.18. The molecule has 2 N–H and O–H groups in total. The first kappa shape index (κ1) is 17.2. The Labute approximate surface area is 141 Å². The summed E-state index contributed by atoms with van der Waals surface area (Å²) in [6, 6.07) is 14.6. The molecule has 0 spiro atoms. The van der Waals surface area contributed by atoms with Crippen LogP contribution in [0.4, 0.5) is 10.5 Å². The van der Waals surface area contributed by atoms with E-state index in [0.717, 1.165) is 5.56 Å². The molecule has 0 saturated carbocycles. The molecule has 0 saturated heterocycles. The van der Waals surface area contributed by atoms with E-state index in [-0.39, 0.29) is 11.4 Å². The van der Waals surface area contributed by atoms with Crippen LogP contribution in [0.2, 0.25) is 5.02 Å². The van der Waals surface area contributed by atoms with E-state index in [4.69, 9.17) is 16.3 Å². The standard InChI is InChI=1S/C18H21ClN2O2/c1-18(2,13-7-9-14(19)10-8-13)12-20-17(22)21-15-5-4-6-16(11-15)23-3/h4-11H,12H2,1-3H3,(H2,20,21,22). The first-order valence-electron chi connectivity index (χ1n) is 7.36. The summed E-state index contributed by atoms with van der Waals surface area (Å²) in [5.74, 6) is 0.698. The van der Waals surface area contributed by atoms with Crippen LogP contribution in [0.3, 0.4) is 0 Å². The second kappa shape index (κ2) is 7.38. The lowest BCUT2D eigenvalue weighted by molar-refractivity contribution is 0.249. The molecule has 0 aromatic heterocycles. The summed E-state index contributed by atoms with van der Waals surface area (Å²) in [6.07, 6.45) is 0. The van der Waals surface area contributed by atoms with Crippen molar-refractivity contribution in [1.29, 1.82) is 0 Å². The van der Waals surface area contributed by atoms with Gasteiger partial charge in [-0.2, -0.15) is 0 Å². The van der Waals surface area contributed by atoms with Crippen LogP contribution in [0, 0.1) is 0 Å². The van der Waals surface area contributed by atoms with Crippen LogP contribution in [0.15, 0.2) is 48.5 Å². The van der Waals surface area contributed by atoms with Crippen molar-refractivity contribution < 1.29 is 9.53 Å². The van der Waals surface area contributed by atoms with E-state index >= 15 is 0 Å². The fourth-order valence-corrected chi connectivity index (χ4v) is 2.31. The maximum atomic E-state index is 12.1. The minimum absolute atomic E-state index is 0.198. The lowest BCUT2D eigenvalue weighted by Gasteiger charge is -2.25. The second-order valence-corrected chi connectivity index (χ2v) is 6.37. The number of ether oxygens (including phenoxy) is 1. The van der Waals surface area contributed by atoms with Gasteiger partial charge in [-0.15, -0.1) is 0 Å². The normalized spacial score (nSPS) is 11.0. The molecule has 0 atom stereocenters. The van der Waals surface area contributed by atoms with Gasteiger partial charge in [0.2, 0.25) is 0 Å². The average molecular weight is 333 g/mol. The van der Waals surface area contributed by atoms with Crippen molar-refractivity contribution in [3.8, 4) is 5.75 Å². The Hall–Kier alpha value is -2.20. The largest absolute Gasteiger partial charge is 0.497 e. The predicted octanol–water partition coefficient (Wildman–Crippen LogP) is 4.45. The van der Waals surface area contributed by atoms with Crippen molar-refractivity contribution in [3.63, 3.8) is 0 Å². The topological polar surface area (TPSA) is 50.4 Å². The summed E-state index contributed by atoms with van der Waals surface area (Å²) in [4.78, 5) is 12.1. The van der Waals surface area contributed by atoms with Gasteiger partial charge in [-0.3, -0.25) is 0 Å². The number of urea groups is 1. The number of rotatable bonds is 5. The number of anilines is 1. The average Bonchev–Trinajstić information content (AvgIpc) is 2.54. The molecule has 0 aliphatic heterocycles. The van der Waals surface area contributed by atoms with Crippen molar-refractivity contribution in [2.75, 3.05) is 19.0 Å². The van der Waals surface area contributed by atoms with E-state index in [1.165, 1.54) is 0 Å². The predicted molar refractivity (Wildman–Crippen MR) is 94.5 cm³/mol. The summed E-state index contributed by atoms with van der Waals surface area (Å²) in [5.41, 5.74) is 1.60. The van der Waals surface area contributed by atoms with Crippen molar-refractivity contribution >= 4 is 23.3 Å². The molecule has 122 valence electrons. The Balaban J connectivity index is 1.93. The van der Waals surface area contributed by atoms with Gasteiger partial charge in [-0.05, 0) is 29.8 Å². The summed E-state index contributed by atoms with van der Waals surface area (Å²) < 4.78 is 5.14. The van der Waals surface area contributed by atoms with Crippen molar-refractivity contribution in [2.24, 2.45) is 0 Å². The number of nitrogens with one attached hydrogen (secondary N) is 2. The van der Waals surface area contributed by atoms with Crippen LogP contribution in [0.25, 0.3) is 0 Å². The Kier molecular flexibility index (Phi) is 5.50. The fraction of sp³-hybridized carbons (Fsp3) is 0.278. The van der Waals surface area contributed by atoms with Crippen LogP contribution in [-0.2, 0) is 5.41 Å². The van der Waals surface area contributed by atoms with E-state index in [2.05, 4.69) is 24.5 Å². The third kappa shape index (κ3) is 4.89. The van der Waals surface area contributed by atoms with Gasteiger partial charge < -0.3 is 15.4 Å². The molecule has 2 aromatic rings. The number of hydrogen-bond acceptors (Lipinski definition) is 2. The van der Waals surface area contributed by atoms with Gasteiger partial charge in [-0.25, -0.2) is 4.79 Å². The Morgan fingerprint density at radius 2 is 1.87 bits per heavy atom. The zero-order valence-electron chi connectivity index (χ0n) is 13.5. The SMILES string of the molecule is COc1cccc(NC(=O)NCC(C)(C)c2ccc(Cl)cc2)c1. The van der Waals surface area contributed by atoms with Crippen LogP contribution < -0.4 is 15.4 Å². The number of amides is 2. The highest BCUT2D eigenvalue weighted by Gasteiger charge is 2.21. The highest BCUT2D eigenvalue weighted by atomic mass is 35.5. The molecule has 0 heterocycles. The first-order chi connectivity index (χ1) is 10.9. The summed E-state index contributed by atoms with van der Waals surface area (Å²) in [6.45, 7) is 4.65. The number of carbonyl (C=O) groups excluding carboxylic acids is 1. The maximum absolute atomic E-state index is 12.1. The van der Waals surface area contributed by atoms with Crippen molar-refractivity contribution in [1.82, 2.24) is 5.32 Å². The van der Waals surface area contributed by atoms with Gasteiger partial charge in [0, 0.05) is 28.7 Å². The minimum Gasteiger partial charge on any atom is -0.497 e. The Bertz CT molecular complexity index is 669. The highest BCUT2D eigenvalue weighted by Crippen LogP contribution is 2.24. The quantitative estimate of drug-likeness (QED) is 0.850. The third-order valence-electron chi connectivity index (χ3n) is 3.64. The van der Waals surface area contributed by atoms with Gasteiger partial charge >= 0.3 is 6.03 Å². The van der Waals surface area contributed by atoms with Crippen LogP contribution in [0.5, 0.6) is 5.75 Å². The second-order valence-electron chi connectivity index (χ2n) is 5.93. The molecular formula is C18H21ClN2O2. The van der Waals surface area contributed by atoms with Crippen molar-refractivity contribution in [2.45, 2.75) is 19.3 Å². The zero-order chi connectivity index (χ0) is 16.9. The molecule has 0 unspecified atom stereocenters. The van der Waals surface area contributed by atoms with Gasteiger partial charge in [0.25, 0.3) is 0 Å². The summed E-state index contributed by atoms with van der Waals surface area (Å²) in [5, 5.41) is 6.40. The maximum Gasteiger partial charge on any atom is 0.319 e. The van der Waals surface area contributed by atoms with E-state index in [1.807, 2.05) is 42.5 Å². The van der Waals surface area contributed by atoms with Gasteiger partial charge in [0.05, 0.1) is 7.11 Å². The summed E-state index contributed by atoms with van der Waals surface area (Å²) in [7, 11) is 1.59. The number of halogens is 1. The number of hydrogen-bond donors (Lipinski definition) is 2. The molecule has 0 radical (unpaired) electrons. The highest BCUT2D eigenvalue weighted by molar-refractivity contribution is 6.30. The molecular weight excluding hydrogens is 312 g/mol. The van der Waals surface area contributed by atoms with Crippen LogP contribution in [-0.4, -0.2) is 19.7 Å². The van der Waals surface area contributed by atoms with E-state index < -0.39 is 0 Å². The molecule has 2 rings (SSSR count). The minimum atomic E-state index is -0.250. The molecule has 4 nitrogen and oxygen atoms in total. The van der Waals surface area contributed by atoms with Crippen molar-refractivity contribution in [3.05, 3.63) is 59.1 Å². The number of carbonyl (C=O) groups is 1. The lowest BCUT2D eigenvalue weighted by atomic mass is 9.85. The van der Waals surface area contributed by atoms with Gasteiger partial charge in [-0.1, -0.05) is 43.6 Å². The smallest absolute Gasteiger partial charge is 0.319 e. The van der Waals surface area contributed by atoms with E-state index in [1.54, 1.807) is 13.2 Å². The lowest BCUT2D eigenvalue weighted by Crippen LogP contribution is -2.38. The van der Waals surface area contributed by atoms with Crippen LogP contribution in [0.1, 0.15) is 19.4 Å². The number of methoxy groups -OCH3 is 1. The molecule has 0 fully saturated rings. The monoisotopic (exact) mass is 332 g/mol. The van der Waals surface area contributed by atoms with Gasteiger partial charge in [0.15, 0.2) is 0 Å². The molecule has 5 heteroatoms. The zero-order valence-corrected chi connectivity index (χ0v) is 14.3. The molecule has 0 aliphatic carbocycles. The molecule has 0 bridgehead atoms.